The lowest BCUT2D eigenvalue weighted by Crippen LogP contribution is -2.25. The summed E-state index contributed by atoms with van der Waals surface area (Å²) in [5, 5.41) is 14.2. The molecule has 1 fully saturated rings. The van der Waals surface area contributed by atoms with Crippen molar-refractivity contribution in [3.8, 4) is 0 Å². The molecule has 0 aromatic carbocycles. The molecule has 2 atom stereocenters. The Balaban J connectivity index is 1.99. The van der Waals surface area contributed by atoms with Crippen molar-refractivity contribution in [3.05, 3.63) is 12.2 Å². The molecule has 0 bridgehead atoms. The SMILES string of the molecule is CC(C)n1ncnc1CC(O)C1CCOC1. The first kappa shape index (κ1) is 11.5. The van der Waals surface area contributed by atoms with Crippen molar-refractivity contribution in [1.29, 1.82) is 0 Å². The molecular formula is C11H19N3O2. The predicted molar refractivity (Wildman–Crippen MR) is 59.0 cm³/mol. The molecule has 90 valence electrons. The molecule has 2 heterocycles. The minimum atomic E-state index is -0.371. The number of hydrogen-bond donors (Lipinski definition) is 1. The van der Waals surface area contributed by atoms with Crippen LogP contribution in [0.1, 0.15) is 32.1 Å². The van der Waals surface area contributed by atoms with E-state index in [0.717, 1.165) is 18.9 Å². The zero-order valence-corrected chi connectivity index (χ0v) is 9.83. The van der Waals surface area contributed by atoms with Crippen LogP contribution in [0.5, 0.6) is 0 Å². The van der Waals surface area contributed by atoms with Crippen LogP contribution in [0, 0.1) is 5.92 Å². The fraction of sp³-hybridized carbons (Fsp3) is 0.818. The van der Waals surface area contributed by atoms with E-state index in [9.17, 15) is 5.11 Å². The van der Waals surface area contributed by atoms with Crippen molar-refractivity contribution in [2.45, 2.75) is 38.8 Å². The van der Waals surface area contributed by atoms with Gasteiger partial charge in [-0.2, -0.15) is 5.10 Å². The highest BCUT2D eigenvalue weighted by molar-refractivity contribution is 4.91. The van der Waals surface area contributed by atoms with Gasteiger partial charge < -0.3 is 9.84 Å². The van der Waals surface area contributed by atoms with Gasteiger partial charge in [0.15, 0.2) is 0 Å². The summed E-state index contributed by atoms with van der Waals surface area (Å²) in [6.45, 7) is 5.54. The van der Waals surface area contributed by atoms with E-state index in [0.29, 0.717) is 13.0 Å². The van der Waals surface area contributed by atoms with Gasteiger partial charge in [0.2, 0.25) is 0 Å². The number of rotatable bonds is 4. The minimum absolute atomic E-state index is 0.248. The summed E-state index contributed by atoms with van der Waals surface area (Å²) in [7, 11) is 0. The Labute approximate surface area is 95.4 Å². The highest BCUT2D eigenvalue weighted by atomic mass is 16.5. The molecule has 16 heavy (non-hydrogen) atoms. The topological polar surface area (TPSA) is 60.2 Å². The van der Waals surface area contributed by atoms with E-state index in [1.54, 1.807) is 6.33 Å². The highest BCUT2D eigenvalue weighted by Crippen LogP contribution is 2.19. The lowest BCUT2D eigenvalue weighted by molar-refractivity contribution is 0.0891. The van der Waals surface area contributed by atoms with Gasteiger partial charge in [0.1, 0.15) is 12.2 Å². The monoisotopic (exact) mass is 225 g/mol. The number of aliphatic hydroxyl groups excluding tert-OH is 1. The van der Waals surface area contributed by atoms with Crippen LogP contribution in [0.15, 0.2) is 6.33 Å². The van der Waals surface area contributed by atoms with Gasteiger partial charge in [-0.15, -0.1) is 0 Å². The second-order valence-electron chi connectivity index (χ2n) is 4.61. The quantitative estimate of drug-likeness (QED) is 0.823. The van der Waals surface area contributed by atoms with E-state index in [1.807, 2.05) is 4.68 Å². The third kappa shape index (κ3) is 2.41. The highest BCUT2D eigenvalue weighted by Gasteiger charge is 2.25. The molecule has 0 spiro atoms. The lowest BCUT2D eigenvalue weighted by Gasteiger charge is -2.17. The lowest BCUT2D eigenvalue weighted by atomic mass is 9.99. The maximum atomic E-state index is 10.1. The van der Waals surface area contributed by atoms with E-state index in [4.69, 9.17) is 4.74 Å². The van der Waals surface area contributed by atoms with Gasteiger partial charge >= 0.3 is 0 Å². The van der Waals surface area contributed by atoms with Crippen molar-refractivity contribution in [3.63, 3.8) is 0 Å². The van der Waals surface area contributed by atoms with Gasteiger partial charge in [0.25, 0.3) is 0 Å². The van der Waals surface area contributed by atoms with Crippen LogP contribution < -0.4 is 0 Å². The molecule has 1 aromatic heterocycles. The Morgan fingerprint density at radius 1 is 1.62 bits per heavy atom. The van der Waals surface area contributed by atoms with Gasteiger partial charge in [0.05, 0.1) is 12.7 Å². The van der Waals surface area contributed by atoms with E-state index in [2.05, 4.69) is 23.9 Å². The average molecular weight is 225 g/mol. The van der Waals surface area contributed by atoms with Crippen molar-refractivity contribution >= 4 is 0 Å². The predicted octanol–water partition coefficient (Wildman–Crippen LogP) is 0.799. The summed E-state index contributed by atoms with van der Waals surface area (Å²) in [4.78, 5) is 4.20. The molecule has 0 aliphatic carbocycles. The molecule has 1 saturated heterocycles. The fourth-order valence-electron chi connectivity index (χ4n) is 2.06. The Morgan fingerprint density at radius 2 is 2.44 bits per heavy atom. The summed E-state index contributed by atoms with van der Waals surface area (Å²) in [5.74, 6) is 1.10. The molecule has 5 nitrogen and oxygen atoms in total. The molecule has 0 saturated carbocycles. The van der Waals surface area contributed by atoms with Crippen molar-refractivity contribution < 1.29 is 9.84 Å². The molecule has 0 amide bonds. The standard InChI is InChI=1S/C11H19N3O2/c1-8(2)14-11(12-7-13-14)5-10(15)9-3-4-16-6-9/h7-10,15H,3-6H2,1-2H3. The summed E-state index contributed by atoms with van der Waals surface area (Å²) in [6, 6.07) is 0.282. The van der Waals surface area contributed by atoms with Crippen LogP contribution >= 0.6 is 0 Å². The molecule has 1 aliphatic rings. The molecule has 1 N–H and O–H groups in total. The van der Waals surface area contributed by atoms with Crippen LogP contribution in [0.25, 0.3) is 0 Å². The van der Waals surface area contributed by atoms with Gasteiger partial charge in [-0.1, -0.05) is 0 Å². The summed E-state index contributed by atoms with van der Waals surface area (Å²) in [6.07, 6.45) is 2.68. The van der Waals surface area contributed by atoms with E-state index >= 15 is 0 Å². The summed E-state index contributed by atoms with van der Waals surface area (Å²) < 4.78 is 7.13. The smallest absolute Gasteiger partial charge is 0.138 e. The van der Waals surface area contributed by atoms with Crippen molar-refractivity contribution in [1.82, 2.24) is 14.8 Å². The first-order valence-electron chi connectivity index (χ1n) is 5.82. The largest absolute Gasteiger partial charge is 0.392 e. The third-order valence-electron chi connectivity index (χ3n) is 3.04. The van der Waals surface area contributed by atoms with Crippen LogP contribution in [0.2, 0.25) is 0 Å². The Kier molecular flexibility index (Phi) is 3.56. The second kappa shape index (κ2) is 4.93. The van der Waals surface area contributed by atoms with E-state index in [-0.39, 0.29) is 18.1 Å². The summed E-state index contributed by atoms with van der Waals surface area (Å²) in [5.41, 5.74) is 0. The number of hydrogen-bond acceptors (Lipinski definition) is 4. The van der Waals surface area contributed by atoms with E-state index in [1.165, 1.54) is 0 Å². The molecule has 2 rings (SSSR count). The van der Waals surface area contributed by atoms with Crippen LogP contribution in [-0.2, 0) is 11.2 Å². The zero-order valence-electron chi connectivity index (χ0n) is 9.83. The van der Waals surface area contributed by atoms with Gasteiger partial charge in [-0.25, -0.2) is 9.67 Å². The zero-order chi connectivity index (χ0) is 11.5. The number of nitrogens with zero attached hydrogens (tertiary/aromatic N) is 3. The van der Waals surface area contributed by atoms with Crippen molar-refractivity contribution in [2.75, 3.05) is 13.2 Å². The van der Waals surface area contributed by atoms with Gasteiger partial charge in [-0.3, -0.25) is 0 Å². The number of aromatic nitrogens is 3. The first-order chi connectivity index (χ1) is 7.68. The molecular weight excluding hydrogens is 206 g/mol. The Hall–Kier alpha value is -0.940. The molecule has 2 unspecified atom stereocenters. The number of aliphatic hydroxyl groups is 1. The van der Waals surface area contributed by atoms with Crippen LogP contribution in [0.4, 0.5) is 0 Å². The second-order valence-corrected chi connectivity index (χ2v) is 4.61. The fourth-order valence-corrected chi connectivity index (χ4v) is 2.06. The maximum Gasteiger partial charge on any atom is 0.138 e. The third-order valence-corrected chi connectivity index (χ3v) is 3.04. The molecule has 1 aliphatic heterocycles. The normalized spacial score (nSPS) is 22.9. The minimum Gasteiger partial charge on any atom is -0.392 e. The van der Waals surface area contributed by atoms with Crippen molar-refractivity contribution in [2.24, 2.45) is 5.92 Å². The van der Waals surface area contributed by atoms with Gasteiger partial charge in [-0.05, 0) is 20.3 Å². The Morgan fingerprint density at radius 3 is 3.06 bits per heavy atom. The molecule has 1 aromatic rings. The van der Waals surface area contributed by atoms with Crippen LogP contribution in [0.3, 0.4) is 0 Å². The Bertz CT molecular complexity index is 332. The number of ether oxygens (including phenoxy) is 1. The molecule has 5 heteroatoms. The molecule has 0 radical (unpaired) electrons. The summed E-state index contributed by atoms with van der Waals surface area (Å²) >= 11 is 0. The van der Waals surface area contributed by atoms with E-state index < -0.39 is 0 Å². The average Bonchev–Trinajstić information content (AvgIpc) is 2.86. The first-order valence-corrected chi connectivity index (χ1v) is 5.82. The maximum absolute atomic E-state index is 10.1. The van der Waals surface area contributed by atoms with Crippen LogP contribution in [-0.4, -0.2) is 39.2 Å². The van der Waals surface area contributed by atoms with Gasteiger partial charge in [0, 0.05) is 25.0 Å².